The lowest BCUT2D eigenvalue weighted by atomic mass is 10.2. The van der Waals surface area contributed by atoms with E-state index in [2.05, 4.69) is 11.6 Å². The molecule has 88 valence electrons. The molecule has 0 heterocycles. The Morgan fingerprint density at radius 2 is 2.33 bits per heavy atom. The van der Waals surface area contributed by atoms with Gasteiger partial charge in [0.1, 0.15) is 6.61 Å². The molecule has 0 aromatic heterocycles. The van der Waals surface area contributed by atoms with Gasteiger partial charge in [-0.3, -0.25) is 4.79 Å². The van der Waals surface area contributed by atoms with Crippen LogP contribution in [0.4, 0.5) is 0 Å². The van der Waals surface area contributed by atoms with Gasteiger partial charge < -0.3 is 10.1 Å². The fraction of sp³-hybridized carbons (Fsp3) is 0.909. The van der Waals surface area contributed by atoms with Gasteiger partial charge in [-0.25, -0.2) is 0 Å². The van der Waals surface area contributed by atoms with E-state index in [9.17, 15) is 4.79 Å². The molecule has 0 aliphatic heterocycles. The summed E-state index contributed by atoms with van der Waals surface area (Å²) in [5.41, 5.74) is 0. The highest BCUT2D eigenvalue weighted by atomic mass is 32.2. The Morgan fingerprint density at radius 1 is 1.53 bits per heavy atom. The number of ether oxygens (including phenoxy) is 1. The zero-order valence-electron chi connectivity index (χ0n) is 9.62. The van der Waals surface area contributed by atoms with E-state index in [4.69, 9.17) is 4.74 Å². The van der Waals surface area contributed by atoms with Crippen molar-refractivity contribution in [3.8, 4) is 0 Å². The SMILES string of the molecule is CCCOCC(=O)NC1CCC(SC)C1. The first-order valence-corrected chi connectivity index (χ1v) is 6.95. The third kappa shape index (κ3) is 4.89. The predicted molar refractivity (Wildman–Crippen MR) is 64.2 cm³/mol. The summed E-state index contributed by atoms with van der Waals surface area (Å²) >= 11 is 1.90. The summed E-state index contributed by atoms with van der Waals surface area (Å²) in [6.07, 6.45) is 6.55. The number of hydrogen-bond donors (Lipinski definition) is 1. The molecule has 0 aromatic carbocycles. The minimum Gasteiger partial charge on any atom is -0.372 e. The van der Waals surface area contributed by atoms with Crippen LogP contribution in [0.25, 0.3) is 0 Å². The van der Waals surface area contributed by atoms with Crippen molar-refractivity contribution in [2.24, 2.45) is 0 Å². The first kappa shape index (κ1) is 12.8. The Balaban J connectivity index is 2.10. The van der Waals surface area contributed by atoms with Crippen LogP contribution >= 0.6 is 11.8 Å². The van der Waals surface area contributed by atoms with Gasteiger partial charge in [-0.1, -0.05) is 6.92 Å². The van der Waals surface area contributed by atoms with Crippen LogP contribution < -0.4 is 5.32 Å². The lowest BCUT2D eigenvalue weighted by Gasteiger charge is -2.12. The molecule has 1 rings (SSSR count). The van der Waals surface area contributed by atoms with Crippen molar-refractivity contribution in [3.63, 3.8) is 0 Å². The van der Waals surface area contributed by atoms with E-state index >= 15 is 0 Å². The first-order valence-electron chi connectivity index (χ1n) is 5.66. The molecule has 0 saturated heterocycles. The van der Waals surface area contributed by atoms with E-state index in [0.717, 1.165) is 24.5 Å². The fourth-order valence-electron chi connectivity index (χ4n) is 1.86. The summed E-state index contributed by atoms with van der Waals surface area (Å²) < 4.78 is 5.19. The highest BCUT2D eigenvalue weighted by Crippen LogP contribution is 2.27. The Hall–Kier alpha value is -0.220. The molecule has 2 unspecified atom stereocenters. The standard InChI is InChI=1S/C11H21NO2S/c1-3-6-14-8-11(13)12-9-4-5-10(7-9)15-2/h9-10H,3-8H2,1-2H3,(H,12,13). The Kier molecular flexibility index (Phi) is 6.10. The minimum atomic E-state index is 0.0372. The van der Waals surface area contributed by atoms with Crippen molar-refractivity contribution in [1.29, 1.82) is 0 Å². The second-order valence-corrected chi connectivity index (χ2v) is 5.13. The molecule has 1 amide bonds. The molecule has 1 fully saturated rings. The zero-order valence-corrected chi connectivity index (χ0v) is 10.4. The molecule has 0 spiro atoms. The largest absolute Gasteiger partial charge is 0.372 e. The lowest BCUT2D eigenvalue weighted by Crippen LogP contribution is -2.35. The molecule has 2 atom stereocenters. The monoisotopic (exact) mass is 231 g/mol. The highest BCUT2D eigenvalue weighted by Gasteiger charge is 2.24. The van der Waals surface area contributed by atoms with Crippen molar-refractivity contribution >= 4 is 17.7 Å². The number of carbonyl (C=O) groups is 1. The van der Waals surface area contributed by atoms with Crippen LogP contribution in [0.15, 0.2) is 0 Å². The maximum atomic E-state index is 11.4. The van der Waals surface area contributed by atoms with Crippen LogP contribution in [0.5, 0.6) is 0 Å². The van der Waals surface area contributed by atoms with Gasteiger partial charge in [-0.2, -0.15) is 11.8 Å². The lowest BCUT2D eigenvalue weighted by molar-refractivity contribution is -0.126. The smallest absolute Gasteiger partial charge is 0.246 e. The topological polar surface area (TPSA) is 38.3 Å². The van der Waals surface area contributed by atoms with E-state index < -0.39 is 0 Å². The number of thioether (sulfide) groups is 1. The molecule has 1 aliphatic carbocycles. The molecule has 1 N–H and O–H groups in total. The van der Waals surface area contributed by atoms with E-state index in [1.165, 1.54) is 6.42 Å². The quantitative estimate of drug-likeness (QED) is 0.709. The van der Waals surface area contributed by atoms with Crippen molar-refractivity contribution in [2.75, 3.05) is 19.5 Å². The molecule has 0 radical (unpaired) electrons. The molecule has 1 aliphatic rings. The summed E-state index contributed by atoms with van der Waals surface area (Å²) in [5.74, 6) is 0.0372. The molecule has 3 nitrogen and oxygen atoms in total. The maximum Gasteiger partial charge on any atom is 0.246 e. The van der Waals surface area contributed by atoms with Crippen LogP contribution in [0.3, 0.4) is 0 Å². The molecule has 4 heteroatoms. The maximum absolute atomic E-state index is 11.4. The highest BCUT2D eigenvalue weighted by molar-refractivity contribution is 7.99. The van der Waals surface area contributed by atoms with Gasteiger partial charge >= 0.3 is 0 Å². The van der Waals surface area contributed by atoms with Crippen LogP contribution in [0.1, 0.15) is 32.6 Å². The number of rotatable bonds is 6. The predicted octanol–water partition coefficient (Wildman–Crippen LogP) is 1.81. The van der Waals surface area contributed by atoms with E-state index in [1.54, 1.807) is 0 Å². The minimum absolute atomic E-state index is 0.0372. The van der Waals surface area contributed by atoms with Crippen molar-refractivity contribution < 1.29 is 9.53 Å². The summed E-state index contributed by atoms with van der Waals surface area (Å²) in [6.45, 7) is 2.93. The van der Waals surface area contributed by atoms with Gasteiger partial charge in [0.2, 0.25) is 5.91 Å². The third-order valence-electron chi connectivity index (χ3n) is 2.66. The van der Waals surface area contributed by atoms with Crippen LogP contribution in [-0.4, -0.2) is 36.7 Å². The van der Waals surface area contributed by atoms with E-state index in [-0.39, 0.29) is 12.5 Å². The normalized spacial score (nSPS) is 25.5. The van der Waals surface area contributed by atoms with Gasteiger partial charge in [0.25, 0.3) is 0 Å². The summed E-state index contributed by atoms with van der Waals surface area (Å²) in [5, 5.41) is 3.75. The Morgan fingerprint density at radius 3 is 2.93 bits per heavy atom. The number of nitrogens with one attached hydrogen (secondary N) is 1. The van der Waals surface area contributed by atoms with Crippen LogP contribution in [0.2, 0.25) is 0 Å². The second-order valence-electron chi connectivity index (χ2n) is 3.99. The van der Waals surface area contributed by atoms with E-state index in [1.807, 2.05) is 18.7 Å². The molecule has 0 bridgehead atoms. The molecular weight excluding hydrogens is 210 g/mol. The van der Waals surface area contributed by atoms with Crippen molar-refractivity contribution in [1.82, 2.24) is 5.32 Å². The number of amides is 1. The van der Waals surface area contributed by atoms with E-state index in [0.29, 0.717) is 12.6 Å². The van der Waals surface area contributed by atoms with Gasteiger partial charge in [0, 0.05) is 17.9 Å². The number of carbonyl (C=O) groups excluding carboxylic acids is 1. The average molecular weight is 231 g/mol. The van der Waals surface area contributed by atoms with Gasteiger partial charge in [0.15, 0.2) is 0 Å². The fourth-order valence-corrected chi connectivity index (χ4v) is 2.66. The number of hydrogen-bond acceptors (Lipinski definition) is 3. The summed E-state index contributed by atoms with van der Waals surface area (Å²) in [4.78, 5) is 11.4. The van der Waals surface area contributed by atoms with Gasteiger partial charge in [0.05, 0.1) is 0 Å². The Bertz CT molecular complexity index is 199. The summed E-state index contributed by atoms with van der Waals surface area (Å²) in [7, 11) is 0. The van der Waals surface area contributed by atoms with Crippen LogP contribution in [-0.2, 0) is 9.53 Å². The average Bonchev–Trinajstić information content (AvgIpc) is 2.66. The van der Waals surface area contributed by atoms with Gasteiger partial charge in [-0.15, -0.1) is 0 Å². The second kappa shape index (κ2) is 7.12. The van der Waals surface area contributed by atoms with Crippen molar-refractivity contribution in [2.45, 2.75) is 43.9 Å². The third-order valence-corrected chi connectivity index (χ3v) is 3.76. The molecule has 15 heavy (non-hydrogen) atoms. The zero-order chi connectivity index (χ0) is 11.1. The molecule has 0 aromatic rings. The molecule has 1 saturated carbocycles. The summed E-state index contributed by atoms with van der Waals surface area (Å²) in [6, 6.07) is 0.375. The van der Waals surface area contributed by atoms with Crippen LogP contribution in [0, 0.1) is 0 Å². The van der Waals surface area contributed by atoms with Crippen molar-refractivity contribution in [3.05, 3.63) is 0 Å². The Labute approximate surface area is 96.3 Å². The molecular formula is C11H21NO2S. The first-order chi connectivity index (χ1) is 7.26. The van der Waals surface area contributed by atoms with Gasteiger partial charge in [-0.05, 0) is 31.9 Å².